The molecule has 110 valence electrons. The van der Waals surface area contributed by atoms with Gasteiger partial charge in [0.05, 0.1) is 10.7 Å². The second-order valence-corrected chi connectivity index (χ2v) is 5.65. The van der Waals surface area contributed by atoms with E-state index in [1.165, 1.54) is 0 Å². The molecule has 0 radical (unpaired) electrons. The first-order valence-corrected chi connectivity index (χ1v) is 7.49. The van der Waals surface area contributed by atoms with Gasteiger partial charge in [-0.3, -0.25) is 4.79 Å². The van der Waals surface area contributed by atoms with Crippen LogP contribution in [-0.4, -0.2) is 43.5 Å². The summed E-state index contributed by atoms with van der Waals surface area (Å²) in [5, 5.41) is 0.767. The van der Waals surface area contributed by atoms with Crippen molar-refractivity contribution in [3.05, 3.63) is 29.3 Å². The molecule has 4 nitrogen and oxygen atoms in total. The number of piperazine rings is 1. The average Bonchev–Trinajstić information content (AvgIpc) is 2.47. The number of amides is 1. The average molecular weight is 296 g/mol. The van der Waals surface area contributed by atoms with Gasteiger partial charge in [-0.2, -0.15) is 0 Å². The zero-order valence-corrected chi connectivity index (χ0v) is 12.6. The maximum absolute atomic E-state index is 12.2. The highest BCUT2D eigenvalue weighted by Gasteiger charge is 2.25. The van der Waals surface area contributed by atoms with Gasteiger partial charge in [-0.15, -0.1) is 0 Å². The lowest BCUT2D eigenvalue weighted by Crippen LogP contribution is -2.50. The van der Waals surface area contributed by atoms with E-state index < -0.39 is 0 Å². The summed E-state index contributed by atoms with van der Waals surface area (Å²) in [5.41, 5.74) is 6.57. The number of rotatable bonds is 4. The van der Waals surface area contributed by atoms with Crippen molar-refractivity contribution in [1.82, 2.24) is 4.90 Å². The van der Waals surface area contributed by atoms with Crippen molar-refractivity contribution in [2.45, 2.75) is 13.3 Å². The SMILES string of the molecule is CC(CCN)C(=O)N1CCN(c2ccccc2Cl)CC1. The van der Waals surface area contributed by atoms with Crippen molar-refractivity contribution in [1.29, 1.82) is 0 Å². The highest BCUT2D eigenvalue weighted by atomic mass is 35.5. The quantitative estimate of drug-likeness (QED) is 0.924. The van der Waals surface area contributed by atoms with Crippen LogP contribution in [0.3, 0.4) is 0 Å². The number of benzene rings is 1. The van der Waals surface area contributed by atoms with Crippen molar-refractivity contribution in [2.75, 3.05) is 37.6 Å². The Labute approximate surface area is 125 Å². The number of hydrogen-bond acceptors (Lipinski definition) is 3. The minimum Gasteiger partial charge on any atom is -0.367 e. The lowest BCUT2D eigenvalue weighted by molar-refractivity contribution is -0.135. The van der Waals surface area contributed by atoms with E-state index in [2.05, 4.69) is 4.90 Å². The fourth-order valence-electron chi connectivity index (χ4n) is 2.56. The van der Waals surface area contributed by atoms with Crippen molar-refractivity contribution in [3.63, 3.8) is 0 Å². The Kier molecular flexibility index (Phi) is 5.26. The van der Waals surface area contributed by atoms with E-state index in [1.54, 1.807) is 0 Å². The maximum Gasteiger partial charge on any atom is 0.225 e. The van der Waals surface area contributed by atoms with Gasteiger partial charge >= 0.3 is 0 Å². The van der Waals surface area contributed by atoms with Gasteiger partial charge in [0.1, 0.15) is 0 Å². The maximum atomic E-state index is 12.2. The standard InChI is InChI=1S/C15H22ClN3O/c1-12(6-7-17)15(20)19-10-8-18(9-11-19)14-5-3-2-4-13(14)16/h2-5,12H,6-11,17H2,1H3. The first-order chi connectivity index (χ1) is 9.63. The largest absolute Gasteiger partial charge is 0.367 e. The van der Waals surface area contributed by atoms with Crippen molar-refractivity contribution in [2.24, 2.45) is 11.7 Å². The fraction of sp³-hybridized carbons (Fsp3) is 0.533. The second-order valence-electron chi connectivity index (χ2n) is 5.24. The third-order valence-corrected chi connectivity index (χ3v) is 4.13. The lowest BCUT2D eigenvalue weighted by atomic mass is 10.1. The Morgan fingerprint density at radius 2 is 1.95 bits per heavy atom. The van der Waals surface area contributed by atoms with Crippen LogP contribution in [0.2, 0.25) is 5.02 Å². The summed E-state index contributed by atoms with van der Waals surface area (Å²) in [7, 11) is 0. The van der Waals surface area contributed by atoms with Crippen LogP contribution in [-0.2, 0) is 4.79 Å². The van der Waals surface area contributed by atoms with Crippen LogP contribution >= 0.6 is 11.6 Å². The minimum atomic E-state index is 0.0202. The van der Waals surface area contributed by atoms with Crippen LogP contribution in [0.15, 0.2) is 24.3 Å². The minimum absolute atomic E-state index is 0.0202. The van der Waals surface area contributed by atoms with E-state index in [0.29, 0.717) is 6.54 Å². The predicted octanol–water partition coefficient (Wildman–Crippen LogP) is 1.97. The Morgan fingerprint density at radius 3 is 2.55 bits per heavy atom. The van der Waals surface area contributed by atoms with E-state index in [-0.39, 0.29) is 11.8 Å². The molecule has 0 saturated carbocycles. The third kappa shape index (κ3) is 3.44. The molecule has 0 aliphatic carbocycles. The second kappa shape index (κ2) is 6.95. The summed E-state index contributed by atoms with van der Waals surface area (Å²) < 4.78 is 0. The van der Waals surface area contributed by atoms with Gasteiger partial charge in [0.2, 0.25) is 5.91 Å². The van der Waals surface area contributed by atoms with Gasteiger partial charge in [0.25, 0.3) is 0 Å². The van der Waals surface area contributed by atoms with Crippen LogP contribution in [0.25, 0.3) is 0 Å². The first kappa shape index (κ1) is 15.1. The number of nitrogens with two attached hydrogens (primary N) is 1. The van der Waals surface area contributed by atoms with E-state index in [4.69, 9.17) is 17.3 Å². The number of para-hydroxylation sites is 1. The molecular formula is C15H22ClN3O. The zero-order valence-electron chi connectivity index (χ0n) is 11.9. The molecule has 0 bridgehead atoms. The molecule has 20 heavy (non-hydrogen) atoms. The summed E-state index contributed by atoms with van der Waals surface area (Å²) in [4.78, 5) is 16.4. The molecule has 0 aromatic heterocycles. The zero-order chi connectivity index (χ0) is 14.5. The Hall–Kier alpha value is -1.26. The third-order valence-electron chi connectivity index (χ3n) is 3.81. The monoisotopic (exact) mass is 295 g/mol. The molecular weight excluding hydrogens is 274 g/mol. The topological polar surface area (TPSA) is 49.6 Å². The highest BCUT2D eigenvalue weighted by molar-refractivity contribution is 6.33. The van der Waals surface area contributed by atoms with E-state index in [1.807, 2.05) is 36.1 Å². The molecule has 1 aromatic carbocycles. The van der Waals surface area contributed by atoms with E-state index >= 15 is 0 Å². The van der Waals surface area contributed by atoms with E-state index in [0.717, 1.165) is 43.3 Å². The van der Waals surface area contributed by atoms with Gasteiger partial charge in [-0.25, -0.2) is 0 Å². The molecule has 2 N–H and O–H groups in total. The van der Waals surface area contributed by atoms with Crippen LogP contribution in [0, 0.1) is 5.92 Å². The van der Waals surface area contributed by atoms with E-state index in [9.17, 15) is 4.79 Å². The predicted molar refractivity (Wildman–Crippen MR) is 83.1 cm³/mol. The molecule has 1 unspecified atom stereocenters. The molecule has 1 amide bonds. The molecule has 1 atom stereocenters. The number of nitrogens with zero attached hydrogens (tertiary/aromatic N) is 2. The number of halogens is 1. The highest BCUT2D eigenvalue weighted by Crippen LogP contribution is 2.26. The van der Waals surface area contributed by atoms with Gasteiger partial charge in [0.15, 0.2) is 0 Å². The number of carbonyl (C=O) groups excluding carboxylic acids is 1. The van der Waals surface area contributed by atoms with Crippen molar-refractivity contribution < 1.29 is 4.79 Å². The molecule has 2 rings (SSSR count). The Morgan fingerprint density at radius 1 is 1.30 bits per heavy atom. The Balaban J connectivity index is 1.93. The molecule has 1 aromatic rings. The summed E-state index contributed by atoms with van der Waals surface area (Å²) >= 11 is 6.21. The fourth-order valence-corrected chi connectivity index (χ4v) is 2.82. The van der Waals surface area contributed by atoms with Gasteiger partial charge in [-0.05, 0) is 25.1 Å². The number of anilines is 1. The molecule has 1 fully saturated rings. The lowest BCUT2D eigenvalue weighted by Gasteiger charge is -2.37. The van der Waals surface area contributed by atoms with Gasteiger partial charge in [0, 0.05) is 32.1 Å². The van der Waals surface area contributed by atoms with Crippen LogP contribution < -0.4 is 10.6 Å². The molecule has 1 saturated heterocycles. The summed E-state index contributed by atoms with van der Waals surface area (Å²) in [6, 6.07) is 7.84. The molecule has 1 aliphatic rings. The number of carbonyl (C=O) groups is 1. The summed E-state index contributed by atoms with van der Waals surface area (Å²) in [6.45, 7) is 5.66. The summed E-state index contributed by atoms with van der Waals surface area (Å²) in [5.74, 6) is 0.237. The van der Waals surface area contributed by atoms with Gasteiger partial charge in [-0.1, -0.05) is 30.7 Å². The van der Waals surface area contributed by atoms with Crippen LogP contribution in [0.5, 0.6) is 0 Å². The van der Waals surface area contributed by atoms with Crippen molar-refractivity contribution >= 4 is 23.2 Å². The molecule has 1 heterocycles. The molecule has 0 spiro atoms. The molecule has 5 heteroatoms. The van der Waals surface area contributed by atoms with Crippen LogP contribution in [0.4, 0.5) is 5.69 Å². The first-order valence-electron chi connectivity index (χ1n) is 7.12. The summed E-state index contributed by atoms with van der Waals surface area (Å²) in [6.07, 6.45) is 0.754. The van der Waals surface area contributed by atoms with Crippen LogP contribution in [0.1, 0.15) is 13.3 Å². The Bertz CT molecular complexity index is 458. The number of hydrogen-bond donors (Lipinski definition) is 1. The smallest absolute Gasteiger partial charge is 0.225 e. The van der Waals surface area contributed by atoms with Crippen molar-refractivity contribution in [3.8, 4) is 0 Å². The molecule has 1 aliphatic heterocycles. The normalized spacial score (nSPS) is 17.1. The van der Waals surface area contributed by atoms with Gasteiger partial charge < -0.3 is 15.5 Å².